The Hall–Kier alpha value is -1.13. The van der Waals surface area contributed by atoms with Crippen molar-refractivity contribution in [1.82, 2.24) is 10.3 Å². The SMILES string of the molecule is CCCNC(c1csc(C)n1)c1ccco1. The van der Waals surface area contributed by atoms with Gasteiger partial charge in [-0.2, -0.15) is 0 Å². The zero-order valence-corrected chi connectivity index (χ0v) is 10.4. The molecule has 16 heavy (non-hydrogen) atoms. The molecule has 0 radical (unpaired) electrons. The van der Waals surface area contributed by atoms with E-state index in [-0.39, 0.29) is 6.04 Å². The summed E-state index contributed by atoms with van der Waals surface area (Å²) in [5, 5.41) is 6.63. The Kier molecular flexibility index (Phi) is 3.74. The van der Waals surface area contributed by atoms with Gasteiger partial charge in [-0.15, -0.1) is 11.3 Å². The Morgan fingerprint density at radius 3 is 3.00 bits per heavy atom. The van der Waals surface area contributed by atoms with Crippen LogP contribution in [0.4, 0.5) is 0 Å². The van der Waals surface area contributed by atoms with Crippen LogP contribution in [-0.2, 0) is 0 Å². The molecule has 1 N–H and O–H groups in total. The highest BCUT2D eigenvalue weighted by Crippen LogP contribution is 2.23. The van der Waals surface area contributed by atoms with E-state index in [1.54, 1.807) is 17.6 Å². The Balaban J connectivity index is 2.21. The highest BCUT2D eigenvalue weighted by atomic mass is 32.1. The molecule has 3 nitrogen and oxygen atoms in total. The summed E-state index contributed by atoms with van der Waals surface area (Å²) in [5.41, 5.74) is 1.05. The molecule has 0 bridgehead atoms. The van der Waals surface area contributed by atoms with E-state index in [1.807, 2.05) is 19.1 Å². The van der Waals surface area contributed by atoms with Crippen LogP contribution in [0.25, 0.3) is 0 Å². The lowest BCUT2D eigenvalue weighted by atomic mass is 10.1. The Morgan fingerprint density at radius 2 is 2.44 bits per heavy atom. The van der Waals surface area contributed by atoms with Crippen LogP contribution in [0, 0.1) is 6.92 Å². The van der Waals surface area contributed by atoms with Gasteiger partial charge in [0.1, 0.15) is 11.8 Å². The van der Waals surface area contributed by atoms with Crippen molar-refractivity contribution in [2.24, 2.45) is 0 Å². The number of furan rings is 1. The molecule has 0 amide bonds. The number of rotatable bonds is 5. The summed E-state index contributed by atoms with van der Waals surface area (Å²) in [6, 6.07) is 3.98. The van der Waals surface area contributed by atoms with Gasteiger partial charge in [-0.25, -0.2) is 4.98 Å². The fraction of sp³-hybridized carbons (Fsp3) is 0.417. The monoisotopic (exact) mass is 236 g/mol. The van der Waals surface area contributed by atoms with Gasteiger partial charge in [0, 0.05) is 5.38 Å². The molecule has 2 rings (SSSR count). The molecule has 0 aliphatic rings. The minimum Gasteiger partial charge on any atom is -0.467 e. The van der Waals surface area contributed by atoms with Crippen LogP contribution in [0.15, 0.2) is 28.2 Å². The molecule has 0 aromatic carbocycles. The second kappa shape index (κ2) is 5.27. The quantitative estimate of drug-likeness (QED) is 0.866. The topological polar surface area (TPSA) is 38.1 Å². The minimum atomic E-state index is 0.0832. The largest absolute Gasteiger partial charge is 0.467 e. The van der Waals surface area contributed by atoms with Crippen molar-refractivity contribution in [2.45, 2.75) is 26.3 Å². The summed E-state index contributed by atoms with van der Waals surface area (Å²) in [6.07, 6.45) is 2.80. The number of nitrogens with zero attached hydrogens (tertiary/aromatic N) is 1. The van der Waals surface area contributed by atoms with Crippen LogP contribution >= 0.6 is 11.3 Å². The maximum atomic E-state index is 5.46. The summed E-state index contributed by atoms with van der Waals surface area (Å²) in [7, 11) is 0. The molecular formula is C12H16N2OS. The summed E-state index contributed by atoms with van der Waals surface area (Å²) < 4.78 is 5.46. The average Bonchev–Trinajstić information content (AvgIpc) is 2.91. The van der Waals surface area contributed by atoms with E-state index in [4.69, 9.17) is 4.42 Å². The van der Waals surface area contributed by atoms with Crippen molar-refractivity contribution < 1.29 is 4.42 Å². The molecule has 0 aliphatic heterocycles. The van der Waals surface area contributed by atoms with Gasteiger partial charge in [-0.1, -0.05) is 6.92 Å². The number of aryl methyl sites for hydroxylation is 1. The molecule has 0 fully saturated rings. The van der Waals surface area contributed by atoms with E-state index < -0.39 is 0 Å². The average molecular weight is 236 g/mol. The number of aromatic nitrogens is 1. The predicted octanol–water partition coefficient (Wildman–Crippen LogP) is 3.13. The molecule has 0 aliphatic carbocycles. The Morgan fingerprint density at radius 1 is 1.56 bits per heavy atom. The third kappa shape index (κ3) is 2.51. The van der Waals surface area contributed by atoms with E-state index in [2.05, 4.69) is 22.6 Å². The Bertz CT molecular complexity index is 422. The van der Waals surface area contributed by atoms with Gasteiger partial charge >= 0.3 is 0 Å². The lowest BCUT2D eigenvalue weighted by Gasteiger charge is -2.13. The van der Waals surface area contributed by atoms with Crippen molar-refractivity contribution in [3.05, 3.63) is 40.2 Å². The van der Waals surface area contributed by atoms with Gasteiger partial charge < -0.3 is 9.73 Å². The van der Waals surface area contributed by atoms with Gasteiger partial charge in [0.2, 0.25) is 0 Å². The first kappa shape index (κ1) is 11.4. The molecule has 4 heteroatoms. The number of nitrogens with one attached hydrogen (secondary N) is 1. The fourth-order valence-corrected chi connectivity index (χ4v) is 2.25. The molecule has 2 aromatic heterocycles. The summed E-state index contributed by atoms with van der Waals surface area (Å²) in [6.45, 7) is 5.13. The van der Waals surface area contributed by atoms with Gasteiger partial charge in [0.15, 0.2) is 0 Å². The molecule has 2 heterocycles. The third-order valence-electron chi connectivity index (χ3n) is 2.36. The van der Waals surface area contributed by atoms with Crippen LogP contribution in [0.1, 0.15) is 35.8 Å². The maximum Gasteiger partial charge on any atom is 0.126 e. The van der Waals surface area contributed by atoms with Crippen LogP contribution in [-0.4, -0.2) is 11.5 Å². The third-order valence-corrected chi connectivity index (χ3v) is 3.15. The smallest absolute Gasteiger partial charge is 0.126 e. The molecule has 0 saturated carbocycles. The first-order chi connectivity index (χ1) is 7.81. The molecule has 2 aromatic rings. The molecule has 0 saturated heterocycles. The van der Waals surface area contributed by atoms with Crippen LogP contribution in [0.2, 0.25) is 0 Å². The van der Waals surface area contributed by atoms with E-state index in [0.29, 0.717) is 0 Å². The zero-order valence-electron chi connectivity index (χ0n) is 9.56. The maximum absolute atomic E-state index is 5.46. The highest BCUT2D eigenvalue weighted by Gasteiger charge is 2.18. The number of hydrogen-bond donors (Lipinski definition) is 1. The van der Waals surface area contributed by atoms with E-state index in [0.717, 1.165) is 29.4 Å². The van der Waals surface area contributed by atoms with E-state index >= 15 is 0 Å². The van der Waals surface area contributed by atoms with Gasteiger partial charge in [-0.05, 0) is 32.0 Å². The molecule has 0 spiro atoms. The number of hydrogen-bond acceptors (Lipinski definition) is 4. The standard InChI is InChI=1S/C12H16N2OS/c1-3-6-13-12(11-5-4-7-15-11)10-8-16-9(2)14-10/h4-5,7-8,12-13H,3,6H2,1-2H3. The Labute approximate surface area is 99.5 Å². The van der Waals surface area contributed by atoms with Crippen LogP contribution in [0.5, 0.6) is 0 Å². The summed E-state index contributed by atoms with van der Waals surface area (Å²) in [5.74, 6) is 0.929. The van der Waals surface area contributed by atoms with Gasteiger partial charge in [0.25, 0.3) is 0 Å². The normalized spacial score (nSPS) is 12.9. The fourth-order valence-electron chi connectivity index (χ4n) is 1.61. The summed E-state index contributed by atoms with van der Waals surface area (Å²) >= 11 is 1.67. The van der Waals surface area contributed by atoms with Crippen molar-refractivity contribution >= 4 is 11.3 Å². The second-order valence-electron chi connectivity index (χ2n) is 3.69. The first-order valence-corrected chi connectivity index (χ1v) is 6.38. The lowest BCUT2D eigenvalue weighted by molar-refractivity contribution is 0.442. The summed E-state index contributed by atoms with van der Waals surface area (Å²) in [4.78, 5) is 4.52. The molecular weight excluding hydrogens is 220 g/mol. The zero-order chi connectivity index (χ0) is 11.4. The minimum absolute atomic E-state index is 0.0832. The van der Waals surface area contributed by atoms with Crippen LogP contribution in [0.3, 0.4) is 0 Å². The van der Waals surface area contributed by atoms with Crippen molar-refractivity contribution in [3.8, 4) is 0 Å². The van der Waals surface area contributed by atoms with Gasteiger partial charge in [-0.3, -0.25) is 0 Å². The highest BCUT2D eigenvalue weighted by molar-refractivity contribution is 7.09. The lowest BCUT2D eigenvalue weighted by Crippen LogP contribution is -2.23. The first-order valence-electron chi connectivity index (χ1n) is 5.50. The van der Waals surface area contributed by atoms with Crippen LogP contribution < -0.4 is 5.32 Å². The van der Waals surface area contributed by atoms with Crippen molar-refractivity contribution in [2.75, 3.05) is 6.54 Å². The molecule has 86 valence electrons. The molecule has 1 atom stereocenters. The van der Waals surface area contributed by atoms with E-state index in [9.17, 15) is 0 Å². The van der Waals surface area contributed by atoms with Crippen molar-refractivity contribution in [3.63, 3.8) is 0 Å². The van der Waals surface area contributed by atoms with Gasteiger partial charge in [0.05, 0.1) is 17.0 Å². The molecule has 1 unspecified atom stereocenters. The second-order valence-corrected chi connectivity index (χ2v) is 4.76. The number of thiazole rings is 1. The predicted molar refractivity (Wildman–Crippen MR) is 65.7 cm³/mol. The van der Waals surface area contributed by atoms with E-state index in [1.165, 1.54) is 0 Å². The van der Waals surface area contributed by atoms with Crippen molar-refractivity contribution in [1.29, 1.82) is 0 Å².